The summed E-state index contributed by atoms with van der Waals surface area (Å²) < 4.78 is 2.00. The second-order valence-electron chi connectivity index (χ2n) is 8.37. The van der Waals surface area contributed by atoms with Gasteiger partial charge >= 0.3 is 0 Å². The van der Waals surface area contributed by atoms with Crippen molar-refractivity contribution in [1.82, 2.24) is 19.7 Å². The highest BCUT2D eigenvalue weighted by atomic mass is 32.2. The number of benzene rings is 2. The Morgan fingerprint density at radius 3 is 2.52 bits per heavy atom. The maximum Gasteiger partial charge on any atom is 0.217 e. The van der Waals surface area contributed by atoms with Gasteiger partial charge in [0.05, 0.1) is 17.0 Å². The van der Waals surface area contributed by atoms with Gasteiger partial charge in [-0.1, -0.05) is 74.1 Å². The Labute approximate surface area is 196 Å². The van der Waals surface area contributed by atoms with Crippen LogP contribution >= 0.6 is 11.8 Å². The van der Waals surface area contributed by atoms with Crippen molar-refractivity contribution in [3.63, 3.8) is 0 Å². The zero-order valence-corrected chi connectivity index (χ0v) is 19.6. The van der Waals surface area contributed by atoms with Crippen LogP contribution in [0.15, 0.2) is 59.8 Å². The van der Waals surface area contributed by atoms with E-state index in [9.17, 15) is 9.59 Å². The number of fused-ring (bicyclic) bond motifs is 1. The van der Waals surface area contributed by atoms with E-state index in [2.05, 4.69) is 29.0 Å². The lowest BCUT2D eigenvalue weighted by atomic mass is 10.0. The van der Waals surface area contributed by atoms with Crippen LogP contribution in [-0.4, -0.2) is 37.2 Å². The number of carbonyl (C=O) groups is 2. The first-order valence-electron chi connectivity index (χ1n) is 11.0. The molecule has 0 bridgehead atoms. The van der Waals surface area contributed by atoms with Crippen molar-refractivity contribution in [1.29, 1.82) is 0 Å². The number of aromatic amines is 1. The zero-order chi connectivity index (χ0) is 23.4. The molecule has 4 aromatic rings. The van der Waals surface area contributed by atoms with Crippen molar-refractivity contribution in [2.75, 3.05) is 5.75 Å². The number of rotatable bonds is 10. The van der Waals surface area contributed by atoms with Crippen molar-refractivity contribution >= 4 is 34.4 Å². The standard InChI is InChI=1S/C25H27N5O2S/c1-16(2)14-30-22(13-12-21(26)32)28-29-25(30)33-15-20(31)23-18-10-6-7-11-19(18)27-24(23)17-8-4-3-5-9-17/h3-11,16,27H,12-15H2,1-2H3,(H2,26,32). The third kappa shape index (κ3) is 5.17. The van der Waals surface area contributed by atoms with Gasteiger partial charge in [0.15, 0.2) is 10.9 Å². The van der Waals surface area contributed by atoms with E-state index in [4.69, 9.17) is 5.73 Å². The number of H-pyrrole nitrogens is 1. The smallest absolute Gasteiger partial charge is 0.217 e. The molecule has 170 valence electrons. The average Bonchev–Trinajstić information content (AvgIpc) is 3.37. The number of hydrogen-bond donors (Lipinski definition) is 2. The second-order valence-corrected chi connectivity index (χ2v) is 9.31. The number of Topliss-reactive ketones (excluding diaryl/α,β-unsaturated/α-hetero) is 1. The Balaban J connectivity index is 1.62. The minimum absolute atomic E-state index is 0.0223. The van der Waals surface area contributed by atoms with Gasteiger partial charge in [0.1, 0.15) is 5.82 Å². The molecular weight excluding hydrogens is 434 g/mol. The highest BCUT2D eigenvalue weighted by Crippen LogP contribution is 2.32. The lowest BCUT2D eigenvalue weighted by molar-refractivity contribution is -0.118. The van der Waals surface area contributed by atoms with Crippen molar-refractivity contribution in [3.8, 4) is 11.3 Å². The van der Waals surface area contributed by atoms with Gasteiger partial charge in [0, 0.05) is 30.3 Å². The van der Waals surface area contributed by atoms with Crippen molar-refractivity contribution in [2.45, 2.75) is 38.4 Å². The SMILES string of the molecule is CC(C)Cn1c(CCC(N)=O)nnc1SCC(=O)c1c(-c2ccccc2)[nH]c2ccccc12. The van der Waals surface area contributed by atoms with Crippen LogP contribution in [0.2, 0.25) is 0 Å². The highest BCUT2D eigenvalue weighted by molar-refractivity contribution is 7.99. The molecule has 0 fully saturated rings. The summed E-state index contributed by atoms with van der Waals surface area (Å²) in [7, 11) is 0. The first kappa shape index (κ1) is 22.8. The van der Waals surface area contributed by atoms with Crippen LogP contribution in [0, 0.1) is 5.92 Å². The number of ketones is 1. The van der Waals surface area contributed by atoms with Crippen molar-refractivity contribution < 1.29 is 9.59 Å². The highest BCUT2D eigenvalue weighted by Gasteiger charge is 2.21. The summed E-state index contributed by atoms with van der Waals surface area (Å²) in [6, 6.07) is 17.7. The summed E-state index contributed by atoms with van der Waals surface area (Å²) in [6.45, 7) is 4.92. The number of para-hydroxylation sites is 1. The van der Waals surface area contributed by atoms with Gasteiger partial charge in [0.2, 0.25) is 5.91 Å². The number of nitrogens with two attached hydrogens (primary N) is 1. The Hall–Kier alpha value is -3.39. The van der Waals surface area contributed by atoms with Crippen molar-refractivity contribution in [2.24, 2.45) is 11.7 Å². The van der Waals surface area contributed by atoms with Crippen molar-refractivity contribution in [3.05, 3.63) is 66.0 Å². The predicted octanol–water partition coefficient (Wildman–Crippen LogP) is 4.48. The molecule has 2 aromatic heterocycles. The summed E-state index contributed by atoms with van der Waals surface area (Å²) in [4.78, 5) is 28.1. The molecule has 0 aliphatic carbocycles. The summed E-state index contributed by atoms with van der Waals surface area (Å²) in [5.41, 5.74) is 8.73. The van der Waals surface area contributed by atoms with Crippen LogP contribution in [0.1, 0.15) is 36.5 Å². The average molecular weight is 462 g/mol. The van der Waals surface area contributed by atoms with E-state index in [1.54, 1.807) is 0 Å². The number of aryl methyl sites for hydroxylation is 1. The third-order valence-electron chi connectivity index (χ3n) is 5.32. The molecule has 0 aliphatic heterocycles. The molecule has 7 nitrogen and oxygen atoms in total. The number of nitrogens with one attached hydrogen (secondary N) is 1. The van der Waals surface area contributed by atoms with Crippen LogP contribution in [0.4, 0.5) is 0 Å². The summed E-state index contributed by atoms with van der Waals surface area (Å²) in [5, 5.41) is 10.2. The molecule has 4 rings (SSSR count). The summed E-state index contributed by atoms with van der Waals surface area (Å²) in [5.74, 6) is 0.963. The van der Waals surface area contributed by atoms with E-state index in [0.29, 0.717) is 29.6 Å². The Morgan fingerprint density at radius 2 is 1.79 bits per heavy atom. The summed E-state index contributed by atoms with van der Waals surface area (Å²) >= 11 is 1.37. The Kier molecular flexibility index (Phi) is 6.93. The normalized spacial score (nSPS) is 11.4. The number of primary amides is 1. The molecule has 3 N–H and O–H groups in total. The molecule has 8 heteroatoms. The fourth-order valence-corrected chi connectivity index (χ4v) is 4.69. The maximum absolute atomic E-state index is 13.5. The fraction of sp³-hybridized carbons (Fsp3) is 0.280. The number of thioether (sulfide) groups is 1. The number of carbonyl (C=O) groups excluding carboxylic acids is 2. The van der Waals surface area contributed by atoms with E-state index in [1.165, 1.54) is 11.8 Å². The van der Waals surface area contributed by atoms with Crippen LogP contribution in [0.25, 0.3) is 22.2 Å². The lowest BCUT2D eigenvalue weighted by Gasteiger charge is -2.12. The molecule has 2 aromatic carbocycles. The van der Waals surface area contributed by atoms with Gasteiger partial charge in [0.25, 0.3) is 0 Å². The van der Waals surface area contributed by atoms with Crippen LogP contribution < -0.4 is 5.73 Å². The van der Waals surface area contributed by atoms with Crippen LogP contribution in [-0.2, 0) is 17.8 Å². The zero-order valence-electron chi connectivity index (χ0n) is 18.7. The first-order chi connectivity index (χ1) is 15.9. The van der Waals surface area contributed by atoms with Gasteiger partial charge in [-0.25, -0.2) is 0 Å². The van der Waals surface area contributed by atoms with Crippen LogP contribution in [0.5, 0.6) is 0 Å². The van der Waals surface area contributed by atoms with E-state index in [-0.39, 0.29) is 23.9 Å². The van der Waals surface area contributed by atoms with Gasteiger partial charge in [-0.2, -0.15) is 0 Å². The Morgan fingerprint density at radius 1 is 1.06 bits per heavy atom. The van der Waals surface area contributed by atoms with E-state index in [0.717, 1.165) is 28.0 Å². The molecule has 33 heavy (non-hydrogen) atoms. The maximum atomic E-state index is 13.5. The molecule has 0 saturated carbocycles. The largest absolute Gasteiger partial charge is 0.370 e. The molecule has 0 atom stereocenters. The number of hydrogen-bond acceptors (Lipinski definition) is 5. The fourth-order valence-electron chi connectivity index (χ4n) is 3.85. The lowest BCUT2D eigenvalue weighted by Crippen LogP contribution is -2.15. The molecule has 0 unspecified atom stereocenters. The Bertz CT molecular complexity index is 1280. The monoisotopic (exact) mass is 461 g/mol. The quantitative estimate of drug-likeness (QED) is 0.268. The van der Waals surface area contributed by atoms with E-state index in [1.807, 2.05) is 59.2 Å². The van der Waals surface area contributed by atoms with Crippen LogP contribution in [0.3, 0.4) is 0 Å². The molecular formula is C25H27N5O2S. The molecule has 1 amide bonds. The molecule has 0 saturated heterocycles. The third-order valence-corrected chi connectivity index (χ3v) is 6.28. The molecule has 2 heterocycles. The molecule has 0 radical (unpaired) electrons. The number of nitrogens with zero attached hydrogens (tertiary/aromatic N) is 3. The number of amides is 1. The number of aromatic nitrogens is 4. The first-order valence-corrected chi connectivity index (χ1v) is 11.9. The summed E-state index contributed by atoms with van der Waals surface area (Å²) in [6.07, 6.45) is 0.653. The minimum Gasteiger partial charge on any atom is -0.370 e. The van der Waals surface area contributed by atoms with Gasteiger partial charge in [-0.15, -0.1) is 10.2 Å². The minimum atomic E-state index is -0.369. The van der Waals surface area contributed by atoms with Gasteiger partial charge < -0.3 is 15.3 Å². The molecule has 0 spiro atoms. The second kappa shape index (κ2) is 10.0. The van der Waals surface area contributed by atoms with Gasteiger partial charge in [-0.3, -0.25) is 9.59 Å². The molecule has 0 aliphatic rings. The van der Waals surface area contributed by atoms with E-state index >= 15 is 0 Å². The van der Waals surface area contributed by atoms with E-state index < -0.39 is 0 Å². The topological polar surface area (TPSA) is 107 Å². The predicted molar refractivity (Wildman–Crippen MR) is 131 cm³/mol. The van der Waals surface area contributed by atoms with Gasteiger partial charge in [-0.05, 0) is 17.5 Å².